The molecule has 1 aliphatic heterocycles. The van der Waals surface area contributed by atoms with Crippen molar-refractivity contribution in [3.63, 3.8) is 0 Å². The summed E-state index contributed by atoms with van der Waals surface area (Å²) in [7, 11) is -3.78. The van der Waals surface area contributed by atoms with Gasteiger partial charge in [-0.05, 0) is 18.2 Å². The molecule has 3 heterocycles. The molecule has 1 aliphatic rings. The Morgan fingerprint density at radius 1 is 1.13 bits per heavy atom. The molecule has 0 spiro atoms. The number of aromatic nitrogens is 2. The zero-order valence-electron chi connectivity index (χ0n) is 12.1. The first-order chi connectivity index (χ1) is 11.1. The summed E-state index contributed by atoms with van der Waals surface area (Å²) < 4.78 is 27.5. The highest BCUT2D eigenvalue weighted by Crippen LogP contribution is 2.31. The largest absolute Gasteiger partial charge is 0.352 e. The first-order valence-corrected chi connectivity index (χ1v) is 8.56. The summed E-state index contributed by atoms with van der Waals surface area (Å²) in [6, 6.07) is 9.89. The lowest BCUT2D eigenvalue weighted by Crippen LogP contribution is -2.32. The summed E-state index contributed by atoms with van der Waals surface area (Å²) in [5, 5.41) is 3.51. The first kappa shape index (κ1) is 14.0. The molecule has 1 N–H and O–H groups in total. The molecule has 23 heavy (non-hydrogen) atoms. The van der Waals surface area contributed by atoms with Crippen molar-refractivity contribution in [1.29, 1.82) is 0 Å². The minimum absolute atomic E-state index is 0.0378. The van der Waals surface area contributed by atoms with Crippen LogP contribution in [0, 0.1) is 0 Å². The summed E-state index contributed by atoms with van der Waals surface area (Å²) in [5.41, 5.74) is 1.87. The standard InChI is InChI=1S/C16H13N3O3S/c20-16-8-15-13(10-18-16)12-9-17-7-6-14(12)19(15)23(21,22)11-4-2-1-3-5-11/h1-7,9H,8,10H2,(H,18,20). The lowest BCUT2D eigenvalue weighted by atomic mass is 10.1. The van der Waals surface area contributed by atoms with E-state index in [4.69, 9.17) is 0 Å². The molecule has 3 aromatic rings. The third-order valence-corrected chi connectivity index (χ3v) is 5.77. The van der Waals surface area contributed by atoms with Crippen LogP contribution in [0.25, 0.3) is 10.9 Å². The van der Waals surface area contributed by atoms with Gasteiger partial charge in [0.1, 0.15) is 0 Å². The average molecular weight is 327 g/mol. The van der Waals surface area contributed by atoms with Crippen LogP contribution in [-0.4, -0.2) is 23.3 Å². The van der Waals surface area contributed by atoms with Crippen LogP contribution in [0.5, 0.6) is 0 Å². The summed E-state index contributed by atoms with van der Waals surface area (Å²) in [5.74, 6) is -0.183. The maximum Gasteiger partial charge on any atom is 0.268 e. The normalized spacial score (nSPS) is 14.5. The van der Waals surface area contributed by atoms with Crippen LogP contribution in [0.15, 0.2) is 53.7 Å². The summed E-state index contributed by atoms with van der Waals surface area (Å²) >= 11 is 0. The molecule has 6 nitrogen and oxygen atoms in total. The van der Waals surface area contributed by atoms with Gasteiger partial charge in [-0.25, -0.2) is 12.4 Å². The quantitative estimate of drug-likeness (QED) is 0.772. The molecule has 0 bridgehead atoms. The number of amides is 1. The number of carbonyl (C=O) groups excluding carboxylic acids is 1. The Labute approximate surface area is 132 Å². The van der Waals surface area contributed by atoms with E-state index < -0.39 is 10.0 Å². The first-order valence-electron chi connectivity index (χ1n) is 7.12. The number of hydrogen-bond acceptors (Lipinski definition) is 4. The highest BCUT2D eigenvalue weighted by atomic mass is 32.2. The molecular weight excluding hydrogens is 314 g/mol. The minimum Gasteiger partial charge on any atom is -0.352 e. The number of pyridine rings is 1. The Morgan fingerprint density at radius 2 is 1.91 bits per heavy atom. The number of benzene rings is 1. The van der Waals surface area contributed by atoms with Crippen molar-refractivity contribution < 1.29 is 13.2 Å². The predicted molar refractivity (Wildman–Crippen MR) is 84.3 cm³/mol. The highest BCUT2D eigenvalue weighted by molar-refractivity contribution is 7.90. The molecule has 0 atom stereocenters. The number of fused-ring (bicyclic) bond motifs is 3. The van der Waals surface area contributed by atoms with Crippen LogP contribution in [0.1, 0.15) is 11.3 Å². The van der Waals surface area contributed by atoms with Crippen molar-refractivity contribution >= 4 is 26.8 Å². The monoisotopic (exact) mass is 327 g/mol. The van der Waals surface area contributed by atoms with E-state index in [0.717, 1.165) is 10.9 Å². The molecule has 1 aromatic carbocycles. The number of nitrogens with one attached hydrogen (secondary N) is 1. The molecule has 0 radical (unpaired) electrons. The van der Waals surface area contributed by atoms with Crippen LogP contribution in [-0.2, 0) is 27.8 Å². The van der Waals surface area contributed by atoms with Crippen molar-refractivity contribution in [3.05, 3.63) is 60.0 Å². The van der Waals surface area contributed by atoms with Gasteiger partial charge in [-0.2, -0.15) is 0 Å². The predicted octanol–water partition coefficient (Wildman–Crippen LogP) is 1.45. The molecule has 7 heteroatoms. The fourth-order valence-corrected chi connectivity index (χ4v) is 4.56. The van der Waals surface area contributed by atoms with Gasteiger partial charge in [0.05, 0.1) is 16.8 Å². The van der Waals surface area contributed by atoms with Gasteiger partial charge in [0.25, 0.3) is 10.0 Å². The Morgan fingerprint density at radius 3 is 2.70 bits per heavy atom. The second kappa shape index (κ2) is 4.92. The van der Waals surface area contributed by atoms with Gasteiger partial charge in [0.15, 0.2) is 0 Å². The fraction of sp³-hybridized carbons (Fsp3) is 0.125. The van der Waals surface area contributed by atoms with Crippen molar-refractivity contribution in [1.82, 2.24) is 14.3 Å². The van der Waals surface area contributed by atoms with Gasteiger partial charge < -0.3 is 5.32 Å². The Bertz CT molecular complexity index is 1020. The lowest BCUT2D eigenvalue weighted by Gasteiger charge is -2.16. The van der Waals surface area contributed by atoms with Crippen molar-refractivity contribution in [2.45, 2.75) is 17.9 Å². The third-order valence-electron chi connectivity index (χ3n) is 4.01. The average Bonchev–Trinajstić information content (AvgIpc) is 2.89. The second-order valence-corrected chi connectivity index (χ2v) is 7.14. The molecule has 0 fully saturated rings. The van der Waals surface area contributed by atoms with E-state index in [0.29, 0.717) is 17.8 Å². The fourth-order valence-electron chi connectivity index (χ4n) is 2.97. The van der Waals surface area contributed by atoms with Crippen LogP contribution in [0.2, 0.25) is 0 Å². The third kappa shape index (κ3) is 2.04. The van der Waals surface area contributed by atoms with Crippen LogP contribution in [0.3, 0.4) is 0 Å². The van der Waals surface area contributed by atoms with E-state index in [2.05, 4.69) is 10.3 Å². The van der Waals surface area contributed by atoms with E-state index in [-0.39, 0.29) is 17.2 Å². The molecular formula is C16H13N3O3S. The molecule has 116 valence electrons. The summed E-state index contributed by atoms with van der Waals surface area (Å²) in [6.45, 7) is 0.313. The Hall–Kier alpha value is -2.67. The van der Waals surface area contributed by atoms with Crippen molar-refractivity contribution in [2.24, 2.45) is 0 Å². The zero-order valence-corrected chi connectivity index (χ0v) is 12.9. The number of rotatable bonds is 2. The molecule has 2 aromatic heterocycles. The topological polar surface area (TPSA) is 81.1 Å². The number of nitrogens with zero attached hydrogens (tertiary/aromatic N) is 2. The van der Waals surface area contributed by atoms with Gasteiger partial charge in [-0.3, -0.25) is 9.78 Å². The van der Waals surface area contributed by atoms with E-state index in [9.17, 15) is 13.2 Å². The van der Waals surface area contributed by atoms with Crippen LogP contribution >= 0.6 is 0 Å². The smallest absolute Gasteiger partial charge is 0.268 e. The molecule has 0 saturated heterocycles. The van der Waals surface area contributed by atoms with Crippen LogP contribution < -0.4 is 5.32 Å². The van der Waals surface area contributed by atoms with Crippen molar-refractivity contribution in [2.75, 3.05) is 0 Å². The maximum absolute atomic E-state index is 13.1. The highest BCUT2D eigenvalue weighted by Gasteiger charge is 2.30. The Kier molecular flexibility index (Phi) is 2.99. The molecule has 0 aliphatic carbocycles. The van der Waals surface area contributed by atoms with Gasteiger partial charge in [0, 0.05) is 35.6 Å². The molecule has 0 unspecified atom stereocenters. The van der Waals surface area contributed by atoms with Gasteiger partial charge in [-0.1, -0.05) is 18.2 Å². The zero-order chi connectivity index (χ0) is 16.0. The van der Waals surface area contributed by atoms with E-state index in [1.54, 1.807) is 48.8 Å². The van der Waals surface area contributed by atoms with Gasteiger partial charge in [0.2, 0.25) is 5.91 Å². The molecule has 4 rings (SSSR count). The minimum atomic E-state index is -3.78. The van der Waals surface area contributed by atoms with E-state index in [1.165, 1.54) is 3.97 Å². The second-order valence-electron chi connectivity index (χ2n) is 5.35. The van der Waals surface area contributed by atoms with Gasteiger partial charge >= 0.3 is 0 Å². The lowest BCUT2D eigenvalue weighted by molar-refractivity contribution is -0.121. The molecule has 1 amide bonds. The maximum atomic E-state index is 13.1. The van der Waals surface area contributed by atoms with E-state index in [1.807, 2.05) is 0 Å². The number of carbonyl (C=O) groups is 1. The van der Waals surface area contributed by atoms with E-state index >= 15 is 0 Å². The Balaban J connectivity index is 2.08. The van der Waals surface area contributed by atoms with Crippen LogP contribution in [0.4, 0.5) is 0 Å². The summed E-state index contributed by atoms with van der Waals surface area (Å²) in [6.07, 6.45) is 3.23. The van der Waals surface area contributed by atoms with Gasteiger partial charge in [-0.15, -0.1) is 0 Å². The van der Waals surface area contributed by atoms with Crippen molar-refractivity contribution in [3.8, 4) is 0 Å². The SMILES string of the molecule is O=C1Cc2c(c3cnccc3n2S(=O)(=O)c2ccccc2)CN1. The molecule has 0 saturated carbocycles. The summed E-state index contributed by atoms with van der Waals surface area (Å²) in [4.78, 5) is 16.1. The number of hydrogen-bond donors (Lipinski definition) is 1.